The average molecular weight is 289 g/mol. The first-order valence-corrected chi connectivity index (χ1v) is 6.99. The van der Waals surface area contributed by atoms with Gasteiger partial charge >= 0.3 is 0 Å². The molecule has 0 radical (unpaired) electrons. The number of benzene rings is 2. The maximum Gasteiger partial charge on any atom is 0.135 e. The van der Waals surface area contributed by atoms with Gasteiger partial charge in [-0.1, -0.05) is 24.3 Å². The van der Waals surface area contributed by atoms with Gasteiger partial charge in [0.15, 0.2) is 0 Å². The van der Waals surface area contributed by atoms with Crippen LogP contribution in [0.1, 0.15) is 0 Å². The molecule has 4 aromatic rings. The summed E-state index contributed by atoms with van der Waals surface area (Å²) in [5, 5.41) is 1.04. The Labute approximate surface area is 126 Å². The molecule has 106 valence electrons. The van der Waals surface area contributed by atoms with E-state index in [1.807, 2.05) is 36.5 Å². The lowest BCUT2D eigenvalue weighted by atomic mass is 10.0. The van der Waals surface area contributed by atoms with E-state index >= 15 is 0 Å². The van der Waals surface area contributed by atoms with Crippen LogP contribution in [0.2, 0.25) is 0 Å². The lowest BCUT2D eigenvalue weighted by Gasteiger charge is -2.02. The van der Waals surface area contributed by atoms with Crippen molar-refractivity contribution in [3.05, 3.63) is 79.1 Å². The largest absolute Gasteiger partial charge is 0.464 e. The molecule has 0 aliphatic heterocycles. The highest BCUT2D eigenvalue weighted by atomic mass is 19.1. The summed E-state index contributed by atoms with van der Waals surface area (Å²) in [6.45, 7) is 0. The number of nitrogens with zero attached hydrogens (tertiary/aromatic N) is 1. The minimum absolute atomic E-state index is 0.235. The highest BCUT2D eigenvalue weighted by Crippen LogP contribution is 2.33. The number of hydrogen-bond donors (Lipinski definition) is 0. The second-order valence-electron chi connectivity index (χ2n) is 5.11. The minimum Gasteiger partial charge on any atom is -0.464 e. The third kappa shape index (κ3) is 2.17. The van der Waals surface area contributed by atoms with Crippen molar-refractivity contribution in [2.24, 2.45) is 0 Å². The van der Waals surface area contributed by atoms with E-state index in [1.165, 1.54) is 12.1 Å². The number of rotatable bonds is 2. The fourth-order valence-corrected chi connectivity index (χ4v) is 2.60. The van der Waals surface area contributed by atoms with Crippen LogP contribution in [0, 0.1) is 5.82 Å². The van der Waals surface area contributed by atoms with Crippen LogP contribution in [0.15, 0.2) is 77.7 Å². The molecule has 4 rings (SSSR count). The first kappa shape index (κ1) is 12.8. The zero-order chi connectivity index (χ0) is 14.9. The smallest absolute Gasteiger partial charge is 0.135 e. The molecule has 0 unspecified atom stereocenters. The third-order valence-corrected chi connectivity index (χ3v) is 3.73. The molecule has 2 heterocycles. The van der Waals surface area contributed by atoms with E-state index in [9.17, 15) is 4.39 Å². The van der Waals surface area contributed by atoms with Gasteiger partial charge in [-0.15, -0.1) is 0 Å². The van der Waals surface area contributed by atoms with Crippen molar-refractivity contribution in [2.75, 3.05) is 0 Å². The van der Waals surface area contributed by atoms with E-state index in [-0.39, 0.29) is 5.82 Å². The summed E-state index contributed by atoms with van der Waals surface area (Å²) >= 11 is 0. The van der Waals surface area contributed by atoms with Gasteiger partial charge in [0.05, 0.1) is 6.26 Å². The number of hydrogen-bond acceptors (Lipinski definition) is 2. The molecule has 0 N–H and O–H groups in total. The highest BCUT2D eigenvalue weighted by molar-refractivity contribution is 5.95. The monoisotopic (exact) mass is 289 g/mol. The molecule has 0 amide bonds. The number of halogens is 1. The van der Waals surface area contributed by atoms with Gasteiger partial charge in [0, 0.05) is 28.9 Å². The van der Waals surface area contributed by atoms with Crippen molar-refractivity contribution in [3.63, 3.8) is 0 Å². The first-order valence-electron chi connectivity index (χ1n) is 6.99. The van der Waals surface area contributed by atoms with Crippen LogP contribution in [-0.2, 0) is 0 Å². The van der Waals surface area contributed by atoms with Crippen molar-refractivity contribution in [1.82, 2.24) is 4.98 Å². The van der Waals surface area contributed by atoms with E-state index in [0.29, 0.717) is 0 Å². The molecule has 0 aliphatic rings. The minimum atomic E-state index is -0.235. The number of aromatic nitrogens is 1. The summed E-state index contributed by atoms with van der Waals surface area (Å²) in [5.74, 6) is -0.235. The Kier molecular flexibility index (Phi) is 2.97. The predicted molar refractivity (Wildman–Crippen MR) is 84.8 cm³/mol. The Morgan fingerprint density at radius 2 is 1.68 bits per heavy atom. The van der Waals surface area contributed by atoms with E-state index in [0.717, 1.165) is 33.2 Å². The third-order valence-electron chi connectivity index (χ3n) is 3.73. The average Bonchev–Trinajstić information content (AvgIpc) is 2.99. The summed E-state index contributed by atoms with van der Waals surface area (Å²) in [6.07, 6.45) is 5.31. The Hall–Kier alpha value is -2.94. The maximum absolute atomic E-state index is 13.0. The van der Waals surface area contributed by atoms with Crippen molar-refractivity contribution in [3.8, 4) is 22.3 Å². The van der Waals surface area contributed by atoms with E-state index < -0.39 is 0 Å². The second-order valence-corrected chi connectivity index (χ2v) is 5.11. The maximum atomic E-state index is 13.0. The Morgan fingerprint density at radius 3 is 2.45 bits per heavy atom. The Balaban J connectivity index is 1.82. The molecule has 0 saturated carbocycles. The van der Waals surface area contributed by atoms with Crippen LogP contribution < -0.4 is 0 Å². The van der Waals surface area contributed by atoms with E-state index in [1.54, 1.807) is 24.6 Å². The van der Waals surface area contributed by atoms with Gasteiger partial charge in [-0.2, -0.15) is 0 Å². The summed E-state index contributed by atoms with van der Waals surface area (Å²) in [4.78, 5) is 4.14. The fraction of sp³-hybridized carbons (Fsp3) is 0. The molecule has 0 aliphatic carbocycles. The van der Waals surface area contributed by atoms with Crippen molar-refractivity contribution >= 4 is 11.0 Å². The molecule has 2 nitrogen and oxygen atoms in total. The molecular formula is C19H12FNO. The molecule has 0 atom stereocenters. The molecule has 2 aromatic heterocycles. The van der Waals surface area contributed by atoms with Gasteiger partial charge in [0.1, 0.15) is 11.4 Å². The van der Waals surface area contributed by atoms with Crippen LogP contribution in [0.5, 0.6) is 0 Å². The standard InChI is InChI=1S/C19H12FNO/c20-16-6-3-13(4-7-16)14-5-8-17-18(12-22-19(17)10-14)15-2-1-9-21-11-15/h1-12H. The van der Waals surface area contributed by atoms with Crippen molar-refractivity contribution in [2.45, 2.75) is 0 Å². The molecule has 22 heavy (non-hydrogen) atoms. The van der Waals surface area contributed by atoms with Crippen LogP contribution in [-0.4, -0.2) is 4.98 Å². The predicted octanol–water partition coefficient (Wildman–Crippen LogP) is 5.30. The first-order chi connectivity index (χ1) is 10.8. The number of fused-ring (bicyclic) bond motifs is 1. The van der Waals surface area contributed by atoms with Crippen LogP contribution in [0.25, 0.3) is 33.2 Å². The van der Waals surface area contributed by atoms with Crippen LogP contribution in [0.4, 0.5) is 4.39 Å². The van der Waals surface area contributed by atoms with Gasteiger partial charge in [0.25, 0.3) is 0 Å². The fourth-order valence-electron chi connectivity index (χ4n) is 2.60. The van der Waals surface area contributed by atoms with Gasteiger partial charge in [-0.25, -0.2) is 4.39 Å². The van der Waals surface area contributed by atoms with Crippen molar-refractivity contribution in [1.29, 1.82) is 0 Å². The van der Waals surface area contributed by atoms with E-state index in [4.69, 9.17) is 4.42 Å². The lowest BCUT2D eigenvalue weighted by Crippen LogP contribution is -1.80. The lowest BCUT2D eigenvalue weighted by molar-refractivity contribution is 0.617. The summed E-state index contributed by atoms with van der Waals surface area (Å²) in [7, 11) is 0. The topological polar surface area (TPSA) is 26.0 Å². The molecule has 0 fully saturated rings. The van der Waals surface area contributed by atoms with Crippen molar-refractivity contribution < 1.29 is 8.81 Å². The van der Waals surface area contributed by atoms with Crippen LogP contribution >= 0.6 is 0 Å². The Morgan fingerprint density at radius 1 is 0.864 bits per heavy atom. The van der Waals surface area contributed by atoms with E-state index in [2.05, 4.69) is 4.98 Å². The SMILES string of the molecule is Fc1ccc(-c2ccc3c(-c4cccnc4)coc3c2)cc1. The Bertz CT molecular complexity index is 927. The quantitative estimate of drug-likeness (QED) is 0.500. The molecule has 3 heteroatoms. The number of furan rings is 1. The van der Waals surface area contributed by atoms with Gasteiger partial charge in [0.2, 0.25) is 0 Å². The summed E-state index contributed by atoms with van der Waals surface area (Å²) in [5.41, 5.74) is 4.81. The zero-order valence-corrected chi connectivity index (χ0v) is 11.7. The normalized spacial score (nSPS) is 11.0. The molecule has 0 bridgehead atoms. The summed E-state index contributed by atoms with van der Waals surface area (Å²) < 4.78 is 18.7. The van der Waals surface area contributed by atoms with Gasteiger partial charge < -0.3 is 4.42 Å². The van der Waals surface area contributed by atoms with Gasteiger partial charge in [-0.3, -0.25) is 4.98 Å². The molecule has 0 spiro atoms. The zero-order valence-electron chi connectivity index (χ0n) is 11.7. The second kappa shape index (κ2) is 5.11. The van der Waals surface area contributed by atoms with Gasteiger partial charge in [-0.05, 0) is 41.5 Å². The molecular weight excluding hydrogens is 277 g/mol. The highest BCUT2D eigenvalue weighted by Gasteiger charge is 2.09. The van der Waals surface area contributed by atoms with Crippen LogP contribution in [0.3, 0.4) is 0 Å². The summed E-state index contributed by atoms with van der Waals surface area (Å²) in [6, 6.07) is 16.4. The molecule has 0 saturated heterocycles. The molecule has 2 aromatic carbocycles. The number of pyridine rings is 1.